The molecule has 0 atom stereocenters. The molecule has 1 N–H and O–H groups in total. The maximum Gasteiger partial charge on any atom is 0.311 e. The molecule has 2 fully saturated rings. The normalized spacial score (nSPS) is 16.4. The van der Waals surface area contributed by atoms with Crippen LogP contribution in [0.3, 0.4) is 0 Å². The highest BCUT2D eigenvalue weighted by molar-refractivity contribution is 5.76. The van der Waals surface area contributed by atoms with Crippen LogP contribution in [0.1, 0.15) is 40.5 Å². The Hall–Kier alpha value is -3.53. The van der Waals surface area contributed by atoms with Crippen molar-refractivity contribution in [3.63, 3.8) is 0 Å². The SMILES string of the molecule is C.COc1ccc(N2CCN(CCC(=O)N3CCC(Nc4ccc([N+](=O)[O-])c(OCC(C)C)c4)CC3)CC2)cc1. The summed E-state index contributed by atoms with van der Waals surface area (Å²) in [7, 11) is 1.68. The van der Waals surface area contributed by atoms with E-state index in [0.717, 1.165) is 57.0 Å². The summed E-state index contributed by atoms with van der Waals surface area (Å²) in [6.07, 6.45) is 2.22. The first-order valence-corrected chi connectivity index (χ1v) is 13.9. The second-order valence-corrected chi connectivity index (χ2v) is 10.7. The van der Waals surface area contributed by atoms with Crippen molar-refractivity contribution < 1.29 is 19.2 Å². The summed E-state index contributed by atoms with van der Waals surface area (Å²) in [5, 5.41) is 14.9. The second-order valence-electron chi connectivity index (χ2n) is 10.7. The van der Waals surface area contributed by atoms with Gasteiger partial charge < -0.3 is 24.6 Å². The molecule has 4 rings (SSSR count). The molecule has 1 amide bonds. The van der Waals surface area contributed by atoms with Crippen molar-refractivity contribution in [1.29, 1.82) is 0 Å². The van der Waals surface area contributed by atoms with E-state index in [4.69, 9.17) is 9.47 Å². The maximum atomic E-state index is 12.9. The predicted octanol–water partition coefficient (Wildman–Crippen LogP) is 4.89. The van der Waals surface area contributed by atoms with Gasteiger partial charge in [-0.05, 0) is 49.1 Å². The number of amides is 1. The minimum absolute atomic E-state index is 0. The van der Waals surface area contributed by atoms with Crippen LogP contribution in [0.2, 0.25) is 0 Å². The van der Waals surface area contributed by atoms with E-state index >= 15 is 0 Å². The Labute approximate surface area is 238 Å². The van der Waals surface area contributed by atoms with Crippen LogP contribution < -0.4 is 19.7 Å². The number of hydrogen-bond acceptors (Lipinski definition) is 8. The molecule has 0 unspecified atom stereocenters. The van der Waals surface area contributed by atoms with E-state index in [2.05, 4.69) is 27.2 Å². The van der Waals surface area contributed by atoms with Crippen LogP contribution in [0.5, 0.6) is 11.5 Å². The van der Waals surface area contributed by atoms with Crippen LogP contribution in [-0.2, 0) is 4.79 Å². The average molecular weight is 556 g/mol. The highest BCUT2D eigenvalue weighted by Gasteiger charge is 2.25. The third kappa shape index (κ3) is 8.48. The first-order valence-electron chi connectivity index (χ1n) is 13.9. The molecule has 0 aliphatic carbocycles. The van der Waals surface area contributed by atoms with Crippen molar-refractivity contribution in [3.8, 4) is 11.5 Å². The molecule has 10 nitrogen and oxygen atoms in total. The van der Waals surface area contributed by atoms with Gasteiger partial charge in [-0.3, -0.25) is 19.8 Å². The van der Waals surface area contributed by atoms with Crippen molar-refractivity contribution in [2.45, 2.75) is 46.6 Å². The van der Waals surface area contributed by atoms with E-state index in [1.807, 2.05) is 30.9 Å². The third-order valence-electron chi connectivity index (χ3n) is 7.40. The van der Waals surface area contributed by atoms with Crippen molar-refractivity contribution in [2.24, 2.45) is 5.92 Å². The quantitative estimate of drug-likeness (QED) is 0.309. The lowest BCUT2D eigenvalue weighted by Gasteiger charge is -2.37. The van der Waals surface area contributed by atoms with Gasteiger partial charge in [-0.2, -0.15) is 0 Å². The molecule has 0 spiro atoms. The second kappa shape index (κ2) is 14.7. The molecule has 220 valence electrons. The molecule has 2 aliphatic heterocycles. The van der Waals surface area contributed by atoms with Crippen LogP contribution in [0, 0.1) is 16.0 Å². The number of rotatable bonds is 11. The number of nitro benzene ring substituents is 1. The zero-order valence-corrected chi connectivity index (χ0v) is 23.3. The summed E-state index contributed by atoms with van der Waals surface area (Å²) in [4.78, 5) is 30.6. The molecular formula is C30H45N5O5. The number of benzene rings is 2. The van der Waals surface area contributed by atoms with Gasteiger partial charge in [-0.1, -0.05) is 21.3 Å². The van der Waals surface area contributed by atoms with Gasteiger partial charge in [-0.25, -0.2) is 0 Å². The number of carbonyl (C=O) groups is 1. The molecule has 0 aromatic heterocycles. The lowest BCUT2D eigenvalue weighted by Crippen LogP contribution is -2.48. The topological polar surface area (TPSA) is 100 Å². The molecule has 0 bridgehead atoms. The van der Waals surface area contributed by atoms with Crippen LogP contribution in [0.15, 0.2) is 42.5 Å². The Kier molecular flexibility index (Phi) is 11.4. The monoisotopic (exact) mass is 555 g/mol. The fraction of sp³-hybridized carbons (Fsp3) is 0.567. The average Bonchev–Trinajstić information content (AvgIpc) is 2.95. The molecule has 10 heteroatoms. The summed E-state index contributed by atoms with van der Waals surface area (Å²) in [5.41, 5.74) is 1.98. The van der Waals surface area contributed by atoms with Gasteiger partial charge in [0, 0.05) is 81.8 Å². The number of anilines is 2. The molecule has 2 aromatic rings. The molecule has 0 radical (unpaired) electrons. The molecule has 2 heterocycles. The smallest absolute Gasteiger partial charge is 0.311 e. The Bertz CT molecular complexity index is 1090. The van der Waals surface area contributed by atoms with Crippen molar-refractivity contribution in [2.75, 3.05) is 69.7 Å². The van der Waals surface area contributed by atoms with Crippen LogP contribution in [0.25, 0.3) is 0 Å². The molecule has 2 aromatic carbocycles. The van der Waals surface area contributed by atoms with Gasteiger partial charge in [0.05, 0.1) is 18.6 Å². The van der Waals surface area contributed by atoms with E-state index in [1.165, 1.54) is 11.8 Å². The number of nitrogens with zero attached hydrogens (tertiary/aromatic N) is 4. The van der Waals surface area contributed by atoms with Gasteiger partial charge in [0.2, 0.25) is 5.91 Å². The number of likely N-dealkylation sites (tertiary alicyclic amines) is 1. The van der Waals surface area contributed by atoms with Crippen LogP contribution >= 0.6 is 0 Å². The first-order chi connectivity index (χ1) is 18.8. The predicted molar refractivity (Wildman–Crippen MR) is 160 cm³/mol. The van der Waals surface area contributed by atoms with E-state index in [9.17, 15) is 14.9 Å². The van der Waals surface area contributed by atoms with Gasteiger partial charge in [0.1, 0.15) is 5.75 Å². The highest BCUT2D eigenvalue weighted by Crippen LogP contribution is 2.31. The number of piperazine rings is 1. The summed E-state index contributed by atoms with van der Waals surface area (Å²) in [6, 6.07) is 13.3. The zero-order chi connectivity index (χ0) is 27.8. The fourth-order valence-electron chi connectivity index (χ4n) is 5.07. The minimum atomic E-state index is -0.412. The number of nitro groups is 1. The summed E-state index contributed by atoms with van der Waals surface area (Å²) >= 11 is 0. The van der Waals surface area contributed by atoms with E-state index in [0.29, 0.717) is 26.1 Å². The van der Waals surface area contributed by atoms with Crippen molar-refractivity contribution >= 4 is 23.0 Å². The lowest BCUT2D eigenvalue weighted by molar-refractivity contribution is -0.385. The van der Waals surface area contributed by atoms with Crippen molar-refractivity contribution in [3.05, 3.63) is 52.6 Å². The summed E-state index contributed by atoms with van der Waals surface area (Å²) < 4.78 is 11.0. The van der Waals surface area contributed by atoms with Gasteiger partial charge in [0.15, 0.2) is 5.75 Å². The Morgan fingerprint density at radius 1 is 1.05 bits per heavy atom. The summed E-state index contributed by atoms with van der Waals surface area (Å²) in [6.45, 7) is 10.4. The molecule has 2 aliphatic rings. The van der Waals surface area contributed by atoms with E-state index in [-0.39, 0.29) is 36.7 Å². The van der Waals surface area contributed by atoms with Crippen LogP contribution in [-0.4, -0.2) is 86.2 Å². The number of methoxy groups -OCH3 is 1. The Balaban J connectivity index is 0.00000441. The van der Waals surface area contributed by atoms with Gasteiger partial charge >= 0.3 is 5.69 Å². The largest absolute Gasteiger partial charge is 0.497 e. The molecule has 40 heavy (non-hydrogen) atoms. The molecular weight excluding hydrogens is 510 g/mol. The number of ether oxygens (including phenoxy) is 2. The maximum absolute atomic E-state index is 12.9. The number of hydrogen-bond donors (Lipinski definition) is 1. The van der Waals surface area contributed by atoms with E-state index in [1.54, 1.807) is 19.2 Å². The van der Waals surface area contributed by atoms with Gasteiger partial charge in [-0.15, -0.1) is 0 Å². The Morgan fingerprint density at radius 2 is 1.73 bits per heavy atom. The minimum Gasteiger partial charge on any atom is -0.497 e. The highest BCUT2D eigenvalue weighted by atomic mass is 16.6. The lowest BCUT2D eigenvalue weighted by atomic mass is 10.0. The summed E-state index contributed by atoms with van der Waals surface area (Å²) in [5.74, 6) is 1.64. The number of carbonyl (C=O) groups excluding carboxylic acids is 1. The zero-order valence-electron chi connectivity index (χ0n) is 23.3. The Morgan fingerprint density at radius 3 is 2.33 bits per heavy atom. The standard InChI is InChI=1S/C29H41N5O5.CH4/c1-22(2)21-39-28-20-24(4-9-27(28)34(36)37)30-23-10-14-33(15-11-23)29(35)12-13-31-16-18-32(19-17-31)25-5-7-26(38-3)8-6-25;/h4-9,20,22-23,30H,10-19,21H2,1-3H3;1H4. The fourth-order valence-corrected chi connectivity index (χ4v) is 5.07. The number of piperidine rings is 1. The van der Waals surface area contributed by atoms with E-state index < -0.39 is 4.92 Å². The number of nitrogens with one attached hydrogen (secondary N) is 1. The molecule has 2 saturated heterocycles. The van der Waals surface area contributed by atoms with Gasteiger partial charge in [0.25, 0.3) is 0 Å². The third-order valence-corrected chi connectivity index (χ3v) is 7.40. The molecule has 0 saturated carbocycles. The van der Waals surface area contributed by atoms with Crippen LogP contribution in [0.4, 0.5) is 17.1 Å². The first kappa shape index (κ1) is 31.0. The van der Waals surface area contributed by atoms with Crippen molar-refractivity contribution in [1.82, 2.24) is 9.80 Å².